The van der Waals surface area contributed by atoms with Crippen LogP contribution in [0.3, 0.4) is 0 Å². The zero-order valence-electron chi connectivity index (χ0n) is 10.6. The Kier molecular flexibility index (Phi) is 4.55. The Labute approximate surface area is 116 Å². The van der Waals surface area contributed by atoms with E-state index in [1.807, 2.05) is 12.4 Å². The maximum absolute atomic E-state index is 5.69. The summed E-state index contributed by atoms with van der Waals surface area (Å²) >= 11 is 3.51. The smallest absolute Gasteiger partial charge is 0.113 e. The summed E-state index contributed by atoms with van der Waals surface area (Å²) in [6.45, 7) is 2.82. The molecule has 2 rings (SSSR count). The fraction of sp³-hybridized carbons (Fsp3) is 0.357. The van der Waals surface area contributed by atoms with E-state index in [0.29, 0.717) is 6.54 Å². The monoisotopic (exact) mass is 307 g/mol. The van der Waals surface area contributed by atoms with E-state index in [0.717, 1.165) is 29.6 Å². The fourth-order valence-electron chi connectivity index (χ4n) is 2.11. The second kappa shape index (κ2) is 6.16. The van der Waals surface area contributed by atoms with Gasteiger partial charge in [0.25, 0.3) is 0 Å². The summed E-state index contributed by atoms with van der Waals surface area (Å²) in [5, 5.41) is 0. The maximum Gasteiger partial charge on any atom is 0.113 e. The van der Waals surface area contributed by atoms with E-state index in [1.165, 1.54) is 11.3 Å². The standard InChI is InChI=1S/C14H18BrN3/c1-2-3-14-17-8-9-18(14)13-5-4-12(15)10-11(13)6-7-16/h4-5,8-10H,2-3,6-7,16H2,1H3. The van der Waals surface area contributed by atoms with Crippen LogP contribution in [-0.2, 0) is 12.8 Å². The molecule has 4 heteroatoms. The molecule has 0 bridgehead atoms. The second-order valence-corrected chi connectivity index (χ2v) is 5.19. The molecule has 0 aliphatic heterocycles. The number of imidazole rings is 1. The lowest BCUT2D eigenvalue weighted by atomic mass is 10.1. The zero-order valence-corrected chi connectivity index (χ0v) is 12.2. The van der Waals surface area contributed by atoms with Crippen molar-refractivity contribution in [2.75, 3.05) is 6.54 Å². The molecule has 0 spiro atoms. The number of nitrogens with zero attached hydrogens (tertiary/aromatic N) is 2. The molecule has 18 heavy (non-hydrogen) atoms. The molecule has 0 aliphatic rings. The number of aromatic nitrogens is 2. The Morgan fingerprint density at radius 3 is 2.89 bits per heavy atom. The van der Waals surface area contributed by atoms with Crippen molar-refractivity contribution in [3.8, 4) is 5.69 Å². The molecule has 0 atom stereocenters. The molecule has 1 aromatic carbocycles. The highest BCUT2D eigenvalue weighted by molar-refractivity contribution is 9.10. The molecule has 1 heterocycles. The van der Waals surface area contributed by atoms with Crippen LogP contribution in [0.25, 0.3) is 5.69 Å². The van der Waals surface area contributed by atoms with Gasteiger partial charge in [-0.15, -0.1) is 0 Å². The lowest BCUT2D eigenvalue weighted by molar-refractivity contribution is 0.801. The van der Waals surface area contributed by atoms with E-state index in [1.54, 1.807) is 0 Å². The highest BCUT2D eigenvalue weighted by Gasteiger charge is 2.09. The Morgan fingerprint density at radius 2 is 2.17 bits per heavy atom. The summed E-state index contributed by atoms with van der Waals surface area (Å²) in [6, 6.07) is 6.32. The van der Waals surface area contributed by atoms with Gasteiger partial charge in [0.15, 0.2) is 0 Å². The molecule has 0 fully saturated rings. The van der Waals surface area contributed by atoms with Crippen molar-refractivity contribution in [3.05, 3.63) is 46.5 Å². The van der Waals surface area contributed by atoms with Gasteiger partial charge in [-0.05, 0) is 43.1 Å². The highest BCUT2D eigenvalue weighted by Crippen LogP contribution is 2.22. The molecule has 0 radical (unpaired) electrons. The lowest BCUT2D eigenvalue weighted by Gasteiger charge is -2.13. The van der Waals surface area contributed by atoms with Crippen molar-refractivity contribution in [2.24, 2.45) is 5.73 Å². The van der Waals surface area contributed by atoms with Gasteiger partial charge in [-0.2, -0.15) is 0 Å². The van der Waals surface area contributed by atoms with Crippen LogP contribution in [0, 0.1) is 0 Å². The van der Waals surface area contributed by atoms with Crippen molar-refractivity contribution < 1.29 is 0 Å². The van der Waals surface area contributed by atoms with Crippen LogP contribution in [0.5, 0.6) is 0 Å². The normalized spacial score (nSPS) is 10.8. The third-order valence-electron chi connectivity index (χ3n) is 2.91. The first kappa shape index (κ1) is 13.3. The summed E-state index contributed by atoms with van der Waals surface area (Å²) in [7, 11) is 0. The van der Waals surface area contributed by atoms with Gasteiger partial charge in [-0.1, -0.05) is 22.9 Å². The van der Waals surface area contributed by atoms with Crippen LogP contribution >= 0.6 is 15.9 Å². The van der Waals surface area contributed by atoms with Gasteiger partial charge >= 0.3 is 0 Å². The third-order valence-corrected chi connectivity index (χ3v) is 3.40. The quantitative estimate of drug-likeness (QED) is 0.922. The highest BCUT2D eigenvalue weighted by atomic mass is 79.9. The van der Waals surface area contributed by atoms with E-state index in [-0.39, 0.29) is 0 Å². The van der Waals surface area contributed by atoms with E-state index in [4.69, 9.17) is 5.73 Å². The van der Waals surface area contributed by atoms with Gasteiger partial charge in [0.05, 0.1) is 5.69 Å². The van der Waals surface area contributed by atoms with E-state index < -0.39 is 0 Å². The first-order chi connectivity index (χ1) is 8.76. The van der Waals surface area contributed by atoms with Gasteiger partial charge in [0.1, 0.15) is 5.82 Å². The molecule has 0 amide bonds. The number of rotatable bonds is 5. The molecular weight excluding hydrogens is 290 g/mol. The van der Waals surface area contributed by atoms with E-state index >= 15 is 0 Å². The number of nitrogens with two attached hydrogens (primary N) is 1. The van der Waals surface area contributed by atoms with Crippen molar-refractivity contribution >= 4 is 15.9 Å². The van der Waals surface area contributed by atoms with Crippen LogP contribution in [-0.4, -0.2) is 16.1 Å². The van der Waals surface area contributed by atoms with Crippen molar-refractivity contribution in [3.63, 3.8) is 0 Å². The van der Waals surface area contributed by atoms with Crippen LogP contribution in [0.4, 0.5) is 0 Å². The van der Waals surface area contributed by atoms with Crippen LogP contribution in [0.15, 0.2) is 35.1 Å². The van der Waals surface area contributed by atoms with Crippen molar-refractivity contribution in [2.45, 2.75) is 26.2 Å². The Balaban J connectivity index is 2.45. The van der Waals surface area contributed by atoms with Crippen molar-refractivity contribution in [1.29, 1.82) is 0 Å². The van der Waals surface area contributed by atoms with Gasteiger partial charge in [0, 0.05) is 23.3 Å². The van der Waals surface area contributed by atoms with Gasteiger partial charge < -0.3 is 10.3 Å². The number of halogens is 1. The maximum atomic E-state index is 5.69. The van der Waals surface area contributed by atoms with Crippen LogP contribution < -0.4 is 5.73 Å². The lowest BCUT2D eigenvalue weighted by Crippen LogP contribution is -2.08. The molecule has 2 N–H and O–H groups in total. The second-order valence-electron chi connectivity index (χ2n) is 4.28. The SMILES string of the molecule is CCCc1nccn1-c1ccc(Br)cc1CCN. The van der Waals surface area contributed by atoms with Crippen LogP contribution in [0.1, 0.15) is 24.7 Å². The summed E-state index contributed by atoms with van der Waals surface area (Å²) < 4.78 is 3.26. The summed E-state index contributed by atoms with van der Waals surface area (Å²) in [6.07, 6.45) is 6.84. The summed E-state index contributed by atoms with van der Waals surface area (Å²) in [4.78, 5) is 4.43. The molecule has 0 aliphatic carbocycles. The molecule has 96 valence electrons. The molecule has 3 nitrogen and oxygen atoms in total. The van der Waals surface area contributed by atoms with E-state index in [2.05, 4.69) is 50.6 Å². The van der Waals surface area contributed by atoms with Crippen molar-refractivity contribution in [1.82, 2.24) is 9.55 Å². The Morgan fingerprint density at radius 1 is 1.33 bits per heavy atom. The zero-order chi connectivity index (χ0) is 13.0. The Hall–Kier alpha value is -1.13. The first-order valence-electron chi connectivity index (χ1n) is 6.27. The largest absolute Gasteiger partial charge is 0.330 e. The van der Waals surface area contributed by atoms with Gasteiger partial charge in [-0.25, -0.2) is 4.98 Å². The van der Waals surface area contributed by atoms with Gasteiger partial charge in [-0.3, -0.25) is 0 Å². The fourth-order valence-corrected chi connectivity index (χ4v) is 2.52. The molecule has 1 aromatic heterocycles. The predicted octanol–water partition coefficient (Wildman–Crippen LogP) is 3.09. The molecule has 0 saturated carbocycles. The minimum atomic E-state index is 0.654. The number of benzene rings is 1. The average Bonchev–Trinajstić information content (AvgIpc) is 2.78. The molecular formula is C14H18BrN3. The average molecular weight is 308 g/mol. The minimum absolute atomic E-state index is 0.654. The number of hydrogen-bond acceptors (Lipinski definition) is 2. The molecule has 0 unspecified atom stereocenters. The van der Waals surface area contributed by atoms with E-state index in [9.17, 15) is 0 Å². The Bertz CT molecular complexity index is 520. The first-order valence-corrected chi connectivity index (χ1v) is 7.06. The van der Waals surface area contributed by atoms with Crippen LogP contribution in [0.2, 0.25) is 0 Å². The number of aryl methyl sites for hydroxylation is 1. The number of hydrogen-bond donors (Lipinski definition) is 1. The minimum Gasteiger partial charge on any atom is -0.330 e. The predicted molar refractivity (Wildman–Crippen MR) is 78.0 cm³/mol. The topological polar surface area (TPSA) is 43.8 Å². The third kappa shape index (κ3) is 2.82. The summed E-state index contributed by atoms with van der Waals surface area (Å²) in [5.74, 6) is 1.11. The molecule has 2 aromatic rings. The van der Waals surface area contributed by atoms with Gasteiger partial charge in [0.2, 0.25) is 0 Å². The molecule has 0 saturated heterocycles. The summed E-state index contributed by atoms with van der Waals surface area (Å²) in [5.41, 5.74) is 8.13.